The van der Waals surface area contributed by atoms with E-state index in [4.69, 9.17) is 27.9 Å². The van der Waals surface area contributed by atoms with Crippen molar-refractivity contribution in [2.75, 3.05) is 13.2 Å². The fraction of sp³-hybridized carbons (Fsp3) is 0.500. The van der Waals surface area contributed by atoms with Crippen molar-refractivity contribution >= 4 is 35.1 Å². The molecule has 0 atom stereocenters. The van der Waals surface area contributed by atoms with E-state index in [9.17, 15) is 9.59 Å². The largest absolute Gasteiger partial charge is 0.465 e. The summed E-state index contributed by atoms with van der Waals surface area (Å²) in [7, 11) is 0. The second kappa shape index (κ2) is 7.40. The minimum atomic E-state index is -0.487. The molecule has 0 saturated carbocycles. The SMILES string of the molecule is CCOC(=O)CN(C(=O)c1cc(Cl)nnc1Cl)C(C)C. The highest BCUT2D eigenvalue weighted by atomic mass is 35.5. The van der Waals surface area contributed by atoms with E-state index in [0.29, 0.717) is 0 Å². The van der Waals surface area contributed by atoms with Gasteiger partial charge in [-0.2, -0.15) is 0 Å². The summed E-state index contributed by atoms with van der Waals surface area (Å²) in [6.45, 7) is 5.34. The first kappa shape index (κ1) is 16.7. The summed E-state index contributed by atoms with van der Waals surface area (Å²) in [6, 6.07) is 1.11. The van der Waals surface area contributed by atoms with Crippen LogP contribution >= 0.6 is 23.2 Å². The predicted octanol–water partition coefficient (Wildman–Crippen LogP) is 2.20. The van der Waals surface area contributed by atoms with Crippen molar-refractivity contribution in [1.82, 2.24) is 15.1 Å². The van der Waals surface area contributed by atoms with Crippen LogP contribution in [0.15, 0.2) is 6.07 Å². The zero-order chi connectivity index (χ0) is 15.3. The van der Waals surface area contributed by atoms with Crippen molar-refractivity contribution in [2.45, 2.75) is 26.8 Å². The lowest BCUT2D eigenvalue weighted by atomic mass is 10.2. The molecular formula is C12H15Cl2N3O3. The summed E-state index contributed by atoms with van der Waals surface area (Å²) in [5, 5.41) is 7.11. The number of halogens is 2. The Morgan fingerprint density at radius 1 is 1.35 bits per heavy atom. The molecule has 1 aromatic rings. The van der Waals surface area contributed by atoms with Crippen molar-refractivity contribution in [3.05, 3.63) is 21.9 Å². The van der Waals surface area contributed by atoms with E-state index in [1.165, 1.54) is 11.0 Å². The molecule has 0 aliphatic carbocycles. The number of carbonyl (C=O) groups is 2. The van der Waals surface area contributed by atoms with E-state index in [1.54, 1.807) is 20.8 Å². The number of amides is 1. The Hall–Kier alpha value is -1.40. The Morgan fingerprint density at radius 3 is 2.55 bits per heavy atom. The van der Waals surface area contributed by atoms with Gasteiger partial charge in [0.25, 0.3) is 5.91 Å². The Bertz CT molecular complexity index is 509. The van der Waals surface area contributed by atoms with Crippen LogP contribution in [0.3, 0.4) is 0 Å². The van der Waals surface area contributed by atoms with Gasteiger partial charge in [0.2, 0.25) is 0 Å². The molecule has 8 heteroatoms. The summed E-state index contributed by atoms with van der Waals surface area (Å²) < 4.78 is 4.84. The van der Waals surface area contributed by atoms with Gasteiger partial charge in [-0.3, -0.25) is 9.59 Å². The molecule has 0 aliphatic heterocycles. The third-order valence-corrected chi connectivity index (χ3v) is 2.90. The lowest BCUT2D eigenvalue weighted by Gasteiger charge is -2.25. The number of carbonyl (C=O) groups excluding carboxylic acids is 2. The fourth-order valence-electron chi connectivity index (χ4n) is 1.49. The molecule has 0 radical (unpaired) electrons. The third-order valence-electron chi connectivity index (χ3n) is 2.44. The molecule has 0 saturated heterocycles. The summed E-state index contributed by atoms with van der Waals surface area (Å²) >= 11 is 11.5. The third kappa shape index (κ3) is 4.31. The quantitative estimate of drug-likeness (QED) is 0.778. The van der Waals surface area contributed by atoms with Gasteiger partial charge in [-0.1, -0.05) is 23.2 Å². The molecule has 0 unspecified atom stereocenters. The van der Waals surface area contributed by atoms with E-state index in [0.717, 1.165) is 0 Å². The normalized spacial score (nSPS) is 10.5. The monoisotopic (exact) mass is 319 g/mol. The molecule has 0 N–H and O–H groups in total. The molecule has 20 heavy (non-hydrogen) atoms. The van der Waals surface area contributed by atoms with Crippen LogP contribution in [0.4, 0.5) is 0 Å². The maximum atomic E-state index is 12.4. The molecule has 0 aromatic carbocycles. The fourth-order valence-corrected chi connectivity index (χ4v) is 1.81. The van der Waals surface area contributed by atoms with Crippen molar-refractivity contribution in [3.63, 3.8) is 0 Å². The van der Waals surface area contributed by atoms with Crippen LogP contribution < -0.4 is 0 Å². The Labute approximate surface area is 127 Å². The van der Waals surface area contributed by atoms with E-state index in [2.05, 4.69) is 10.2 Å². The minimum absolute atomic E-state index is 0.0533. The molecule has 1 aromatic heterocycles. The highest BCUT2D eigenvalue weighted by Crippen LogP contribution is 2.18. The number of esters is 1. The van der Waals surface area contributed by atoms with Gasteiger partial charge in [-0.25, -0.2) is 0 Å². The van der Waals surface area contributed by atoms with Crippen LogP contribution in [-0.4, -0.2) is 46.2 Å². The highest BCUT2D eigenvalue weighted by molar-refractivity contribution is 6.34. The maximum absolute atomic E-state index is 12.4. The second-order valence-electron chi connectivity index (χ2n) is 4.20. The zero-order valence-electron chi connectivity index (χ0n) is 11.4. The Balaban J connectivity index is 2.99. The van der Waals surface area contributed by atoms with Crippen LogP contribution in [0.5, 0.6) is 0 Å². The Morgan fingerprint density at radius 2 is 2.00 bits per heavy atom. The molecule has 0 bridgehead atoms. The van der Waals surface area contributed by atoms with Crippen molar-refractivity contribution < 1.29 is 14.3 Å². The topological polar surface area (TPSA) is 72.4 Å². The van der Waals surface area contributed by atoms with Crippen LogP contribution in [0.1, 0.15) is 31.1 Å². The van der Waals surface area contributed by atoms with Crippen LogP contribution in [-0.2, 0) is 9.53 Å². The number of rotatable bonds is 5. The average molecular weight is 320 g/mol. The molecule has 0 aliphatic rings. The summed E-state index contributed by atoms with van der Waals surface area (Å²) in [6.07, 6.45) is 0. The van der Waals surface area contributed by atoms with Gasteiger partial charge in [0.1, 0.15) is 6.54 Å². The van der Waals surface area contributed by atoms with E-state index in [-0.39, 0.29) is 35.1 Å². The average Bonchev–Trinajstić information content (AvgIpc) is 2.38. The highest BCUT2D eigenvalue weighted by Gasteiger charge is 2.25. The Kier molecular flexibility index (Phi) is 6.16. The van der Waals surface area contributed by atoms with E-state index in [1.807, 2.05) is 0 Å². The first-order valence-corrected chi connectivity index (χ1v) is 6.77. The first-order valence-electron chi connectivity index (χ1n) is 6.02. The summed E-state index contributed by atoms with van der Waals surface area (Å²) in [5.74, 6) is -0.936. The molecule has 1 rings (SSSR count). The second-order valence-corrected chi connectivity index (χ2v) is 4.95. The number of ether oxygens (including phenoxy) is 1. The predicted molar refractivity (Wildman–Crippen MR) is 74.9 cm³/mol. The first-order chi connectivity index (χ1) is 9.36. The van der Waals surface area contributed by atoms with Gasteiger partial charge in [0, 0.05) is 6.04 Å². The van der Waals surface area contributed by atoms with E-state index >= 15 is 0 Å². The number of aromatic nitrogens is 2. The number of hydrogen-bond donors (Lipinski definition) is 0. The molecule has 110 valence electrons. The smallest absolute Gasteiger partial charge is 0.325 e. The van der Waals surface area contributed by atoms with E-state index < -0.39 is 11.9 Å². The van der Waals surface area contributed by atoms with Crippen molar-refractivity contribution in [2.24, 2.45) is 0 Å². The van der Waals surface area contributed by atoms with Gasteiger partial charge in [-0.05, 0) is 26.8 Å². The molecule has 6 nitrogen and oxygen atoms in total. The molecule has 1 amide bonds. The van der Waals surface area contributed by atoms with Gasteiger partial charge in [0.15, 0.2) is 10.3 Å². The maximum Gasteiger partial charge on any atom is 0.325 e. The molecule has 0 fully saturated rings. The number of nitrogens with zero attached hydrogens (tertiary/aromatic N) is 3. The van der Waals surface area contributed by atoms with Gasteiger partial charge in [-0.15, -0.1) is 10.2 Å². The lowest BCUT2D eigenvalue weighted by Crippen LogP contribution is -2.41. The lowest BCUT2D eigenvalue weighted by molar-refractivity contribution is -0.144. The number of hydrogen-bond acceptors (Lipinski definition) is 5. The van der Waals surface area contributed by atoms with Gasteiger partial charge in [0.05, 0.1) is 12.2 Å². The minimum Gasteiger partial charge on any atom is -0.465 e. The van der Waals surface area contributed by atoms with Gasteiger partial charge >= 0.3 is 5.97 Å². The standard InChI is InChI=1S/C12H15Cl2N3O3/c1-4-20-10(18)6-17(7(2)3)12(19)8-5-9(13)15-16-11(8)14/h5,7H,4,6H2,1-3H3. The summed E-state index contributed by atoms with van der Waals surface area (Å²) in [4.78, 5) is 25.3. The van der Waals surface area contributed by atoms with Crippen LogP contribution in [0.2, 0.25) is 10.3 Å². The van der Waals surface area contributed by atoms with Crippen molar-refractivity contribution in [3.8, 4) is 0 Å². The molecule has 0 spiro atoms. The zero-order valence-corrected chi connectivity index (χ0v) is 12.9. The molecule has 1 heterocycles. The summed E-state index contributed by atoms with van der Waals surface area (Å²) in [5.41, 5.74) is 0.102. The van der Waals surface area contributed by atoms with Crippen LogP contribution in [0.25, 0.3) is 0 Å². The molecular weight excluding hydrogens is 305 g/mol. The van der Waals surface area contributed by atoms with Crippen LogP contribution in [0, 0.1) is 0 Å². The van der Waals surface area contributed by atoms with Gasteiger partial charge < -0.3 is 9.64 Å². The van der Waals surface area contributed by atoms with Crippen molar-refractivity contribution in [1.29, 1.82) is 0 Å².